The molecular formula is C30H48O5Si3. The zero-order valence-electron chi connectivity index (χ0n) is 24.8. The van der Waals surface area contributed by atoms with Crippen molar-refractivity contribution in [2.45, 2.75) is 96.0 Å². The minimum absolute atomic E-state index is 0.292. The van der Waals surface area contributed by atoms with Gasteiger partial charge in [-0.15, -0.1) is 0 Å². The molecule has 4 atom stereocenters. The van der Waals surface area contributed by atoms with Crippen molar-refractivity contribution in [2.24, 2.45) is 0 Å². The Bertz CT molecular complexity index is 1010. The van der Waals surface area contributed by atoms with E-state index in [1.54, 1.807) is 0 Å². The number of ether oxygens (including phenoxy) is 2. The van der Waals surface area contributed by atoms with E-state index >= 15 is 0 Å². The van der Waals surface area contributed by atoms with E-state index < -0.39 is 30.6 Å². The molecule has 0 aliphatic heterocycles. The lowest BCUT2D eigenvalue weighted by atomic mass is 9.83. The predicted molar refractivity (Wildman–Crippen MR) is 164 cm³/mol. The first-order chi connectivity index (χ1) is 17.7. The van der Waals surface area contributed by atoms with Gasteiger partial charge in [-0.1, -0.05) is 72.8 Å². The van der Waals surface area contributed by atoms with Crippen molar-refractivity contribution in [2.75, 3.05) is 6.61 Å². The Labute approximate surface area is 233 Å². The fourth-order valence-corrected chi connectivity index (χ4v) is 8.24. The zero-order chi connectivity index (χ0) is 28.0. The van der Waals surface area contributed by atoms with Gasteiger partial charge in [0.15, 0.2) is 25.0 Å². The Morgan fingerprint density at radius 3 is 1.66 bits per heavy atom. The van der Waals surface area contributed by atoms with Gasteiger partial charge in [0.25, 0.3) is 0 Å². The average molecular weight is 573 g/mol. The summed E-state index contributed by atoms with van der Waals surface area (Å²) in [6.45, 7) is 21.3. The first kappa shape index (κ1) is 31.2. The molecular weight excluding hydrogens is 525 g/mol. The van der Waals surface area contributed by atoms with Gasteiger partial charge in [-0.2, -0.15) is 0 Å². The van der Waals surface area contributed by atoms with Gasteiger partial charge in [0.1, 0.15) is 17.8 Å². The molecule has 2 aromatic carbocycles. The molecule has 0 fully saturated rings. The Morgan fingerprint density at radius 1 is 0.632 bits per heavy atom. The molecule has 0 N–H and O–H groups in total. The molecule has 0 bridgehead atoms. The fourth-order valence-electron chi connectivity index (χ4n) is 4.67. The Morgan fingerprint density at radius 2 is 1.16 bits per heavy atom. The summed E-state index contributed by atoms with van der Waals surface area (Å²) in [6.07, 6.45) is 3.31. The summed E-state index contributed by atoms with van der Waals surface area (Å²) in [4.78, 5) is 0. The van der Waals surface area contributed by atoms with Gasteiger partial charge in [-0.3, -0.25) is 0 Å². The summed E-state index contributed by atoms with van der Waals surface area (Å²) < 4.78 is 34.1. The molecule has 0 spiro atoms. The molecule has 0 unspecified atom stereocenters. The fraction of sp³-hybridized carbons (Fsp3) is 0.533. The third-order valence-corrected chi connectivity index (χ3v) is 8.83. The lowest BCUT2D eigenvalue weighted by Gasteiger charge is -2.53. The van der Waals surface area contributed by atoms with Crippen LogP contribution >= 0.6 is 0 Å². The highest BCUT2D eigenvalue weighted by Gasteiger charge is 2.56. The predicted octanol–water partition coefficient (Wildman–Crippen LogP) is 7.39. The lowest BCUT2D eigenvalue weighted by molar-refractivity contribution is -0.182. The molecule has 0 amide bonds. The maximum Gasteiger partial charge on any atom is 0.184 e. The topological polar surface area (TPSA) is 46.2 Å². The van der Waals surface area contributed by atoms with Crippen LogP contribution in [0.3, 0.4) is 0 Å². The molecule has 0 heterocycles. The normalized spacial score (nSPS) is 24.5. The number of hydrogen-bond donors (Lipinski definition) is 0. The molecule has 1 aliphatic rings. The number of hydrogen-bond acceptors (Lipinski definition) is 5. The van der Waals surface area contributed by atoms with Crippen molar-refractivity contribution in [3.63, 3.8) is 0 Å². The van der Waals surface area contributed by atoms with E-state index in [4.69, 9.17) is 22.8 Å². The zero-order valence-corrected chi connectivity index (χ0v) is 27.8. The second kappa shape index (κ2) is 12.9. The van der Waals surface area contributed by atoms with Crippen LogP contribution in [0.2, 0.25) is 58.9 Å². The maximum absolute atomic E-state index is 7.18. The first-order valence-corrected chi connectivity index (χ1v) is 23.9. The maximum atomic E-state index is 7.18. The molecule has 210 valence electrons. The molecule has 2 aromatic rings. The molecule has 5 nitrogen and oxygen atoms in total. The molecule has 0 saturated carbocycles. The molecule has 8 heteroatoms. The van der Waals surface area contributed by atoms with Gasteiger partial charge in [0.05, 0.1) is 25.9 Å². The van der Waals surface area contributed by atoms with E-state index in [2.05, 4.69) is 95.3 Å². The molecule has 0 radical (unpaired) electrons. The third-order valence-electron chi connectivity index (χ3n) is 5.92. The van der Waals surface area contributed by atoms with Crippen LogP contribution in [-0.4, -0.2) is 55.5 Å². The summed E-state index contributed by atoms with van der Waals surface area (Å²) in [5.74, 6) is 0. The lowest BCUT2D eigenvalue weighted by Crippen LogP contribution is -2.69. The number of rotatable bonds is 13. The van der Waals surface area contributed by atoms with E-state index in [-0.39, 0.29) is 18.3 Å². The summed E-state index contributed by atoms with van der Waals surface area (Å²) in [5, 5.41) is 0. The minimum atomic E-state index is -2.10. The van der Waals surface area contributed by atoms with Crippen LogP contribution < -0.4 is 0 Å². The van der Waals surface area contributed by atoms with Crippen molar-refractivity contribution in [1.29, 1.82) is 0 Å². The second-order valence-corrected chi connectivity index (χ2v) is 26.4. The Hall–Kier alpha value is -1.37. The van der Waals surface area contributed by atoms with Gasteiger partial charge in [0.2, 0.25) is 0 Å². The van der Waals surface area contributed by atoms with Crippen LogP contribution in [0.15, 0.2) is 72.8 Å². The van der Waals surface area contributed by atoms with Gasteiger partial charge >= 0.3 is 0 Å². The quantitative estimate of drug-likeness (QED) is 0.185. The Balaban J connectivity index is 2.04. The molecule has 38 heavy (non-hydrogen) atoms. The van der Waals surface area contributed by atoms with Gasteiger partial charge in [-0.05, 0) is 70.1 Å². The van der Waals surface area contributed by atoms with Crippen molar-refractivity contribution < 1.29 is 22.8 Å². The molecule has 1 aliphatic carbocycles. The SMILES string of the molecule is C[Si](C)(C)O[C@H]1C=C[C@@H](OCc2ccccc2)[C@H](O[Si](C)(C)C)[C@]1(COCc1ccccc1)O[Si](C)(C)C. The monoisotopic (exact) mass is 572 g/mol. The average Bonchev–Trinajstić information content (AvgIpc) is 2.80. The van der Waals surface area contributed by atoms with Crippen LogP contribution in [0, 0.1) is 0 Å². The minimum Gasteiger partial charge on any atom is -0.409 e. The first-order valence-electron chi connectivity index (χ1n) is 13.7. The van der Waals surface area contributed by atoms with Crippen LogP contribution in [0.1, 0.15) is 11.1 Å². The third kappa shape index (κ3) is 9.67. The van der Waals surface area contributed by atoms with Gasteiger partial charge in [-0.25, -0.2) is 0 Å². The van der Waals surface area contributed by atoms with E-state index in [9.17, 15) is 0 Å². The summed E-state index contributed by atoms with van der Waals surface area (Å²) in [6, 6.07) is 20.6. The smallest absolute Gasteiger partial charge is 0.184 e. The highest BCUT2D eigenvalue weighted by atomic mass is 28.4. The highest BCUT2D eigenvalue weighted by Crippen LogP contribution is 2.40. The Kier molecular flexibility index (Phi) is 10.6. The van der Waals surface area contributed by atoms with E-state index in [1.165, 1.54) is 0 Å². The summed E-state index contributed by atoms with van der Waals surface area (Å²) >= 11 is 0. The largest absolute Gasteiger partial charge is 0.409 e. The van der Waals surface area contributed by atoms with Crippen molar-refractivity contribution in [1.82, 2.24) is 0 Å². The molecule has 0 aromatic heterocycles. The second-order valence-electron chi connectivity index (χ2n) is 13.1. The molecule has 3 rings (SSSR count). The van der Waals surface area contributed by atoms with E-state index in [0.29, 0.717) is 19.8 Å². The van der Waals surface area contributed by atoms with Gasteiger partial charge < -0.3 is 22.8 Å². The van der Waals surface area contributed by atoms with Crippen LogP contribution in [-0.2, 0) is 36.0 Å². The van der Waals surface area contributed by atoms with Crippen LogP contribution in [0.5, 0.6) is 0 Å². The van der Waals surface area contributed by atoms with Crippen molar-refractivity contribution in [3.8, 4) is 0 Å². The highest BCUT2D eigenvalue weighted by molar-refractivity contribution is 6.70. The van der Waals surface area contributed by atoms with E-state index in [1.807, 2.05) is 36.4 Å². The standard InChI is InChI=1S/C30H48O5Si3/c1-36(2,3)33-28-21-20-27(32-23-26-18-14-11-15-19-26)29(34-37(4,5)6)30(28,35-38(7,8)9)24-31-22-25-16-12-10-13-17-25/h10-21,27-29H,22-24H2,1-9H3/t27-,28+,29+,30-/m1/s1. The van der Waals surface area contributed by atoms with Crippen LogP contribution in [0.25, 0.3) is 0 Å². The number of benzene rings is 2. The van der Waals surface area contributed by atoms with Crippen molar-refractivity contribution in [3.05, 3.63) is 83.9 Å². The van der Waals surface area contributed by atoms with E-state index in [0.717, 1.165) is 11.1 Å². The van der Waals surface area contributed by atoms with Crippen LogP contribution in [0.4, 0.5) is 0 Å². The summed E-state index contributed by atoms with van der Waals surface area (Å²) in [7, 11) is -6.07. The van der Waals surface area contributed by atoms with Gasteiger partial charge in [0, 0.05) is 0 Å². The molecule has 0 saturated heterocycles. The van der Waals surface area contributed by atoms with Crippen molar-refractivity contribution >= 4 is 25.0 Å². The summed E-state index contributed by atoms with van der Waals surface area (Å²) in [5.41, 5.74) is 1.42.